The molecular weight excluding hydrogens is 255 g/mol. The Morgan fingerprint density at radius 3 is 3.00 bits per heavy atom. The number of nitrogens with zero attached hydrogens (tertiary/aromatic N) is 3. The van der Waals surface area contributed by atoms with E-state index in [9.17, 15) is 4.39 Å². The molecule has 5 heteroatoms. The lowest BCUT2D eigenvalue weighted by molar-refractivity contribution is 0.582. The first kappa shape index (κ1) is 13.2. The van der Waals surface area contributed by atoms with Gasteiger partial charge in [-0.25, -0.2) is 9.07 Å². The van der Waals surface area contributed by atoms with E-state index in [0.717, 1.165) is 29.8 Å². The lowest BCUT2D eigenvalue weighted by Crippen LogP contribution is -2.16. The first-order chi connectivity index (χ1) is 9.78. The monoisotopic (exact) mass is 274 g/mol. The lowest BCUT2D eigenvalue weighted by Gasteiger charge is -2.11. The predicted molar refractivity (Wildman–Crippen MR) is 75.6 cm³/mol. The van der Waals surface area contributed by atoms with Crippen LogP contribution in [-0.4, -0.2) is 21.0 Å². The summed E-state index contributed by atoms with van der Waals surface area (Å²) in [6.45, 7) is 3.61. The van der Waals surface area contributed by atoms with Gasteiger partial charge in [-0.3, -0.25) is 0 Å². The van der Waals surface area contributed by atoms with E-state index in [0.29, 0.717) is 12.6 Å². The third kappa shape index (κ3) is 2.88. The largest absolute Gasteiger partial charge is 0.310 e. The van der Waals surface area contributed by atoms with E-state index in [2.05, 4.69) is 22.6 Å². The molecule has 0 saturated heterocycles. The van der Waals surface area contributed by atoms with E-state index in [1.165, 1.54) is 18.9 Å². The fourth-order valence-electron chi connectivity index (χ4n) is 2.34. The van der Waals surface area contributed by atoms with Gasteiger partial charge >= 0.3 is 0 Å². The molecule has 1 aliphatic carbocycles. The number of rotatable bonds is 6. The molecule has 1 aliphatic rings. The molecule has 0 amide bonds. The average molecular weight is 274 g/mol. The van der Waals surface area contributed by atoms with Crippen molar-refractivity contribution in [2.45, 2.75) is 45.3 Å². The minimum atomic E-state index is -0.198. The van der Waals surface area contributed by atoms with Crippen molar-refractivity contribution in [2.24, 2.45) is 0 Å². The zero-order chi connectivity index (χ0) is 13.9. The Morgan fingerprint density at radius 1 is 1.40 bits per heavy atom. The molecule has 0 spiro atoms. The van der Waals surface area contributed by atoms with Crippen molar-refractivity contribution in [1.29, 1.82) is 0 Å². The van der Waals surface area contributed by atoms with Crippen molar-refractivity contribution in [3.05, 3.63) is 35.8 Å². The first-order valence-corrected chi connectivity index (χ1v) is 7.18. The van der Waals surface area contributed by atoms with E-state index in [1.54, 1.807) is 12.3 Å². The Labute approximate surface area is 118 Å². The van der Waals surface area contributed by atoms with Gasteiger partial charge in [-0.1, -0.05) is 12.1 Å². The summed E-state index contributed by atoms with van der Waals surface area (Å²) in [7, 11) is 0. The van der Waals surface area contributed by atoms with Crippen LogP contribution >= 0.6 is 0 Å². The van der Waals surface area contributed by atoms with Crippen LogP contribution in [0.25, 0.3) is 11.3 Å². The molecule has 20 heavy (non-hydrogen) atoms. The second kappa shape index (κ2) is 5.71. The fourth-order valence-corrected chi connectivity index (χ4v) is 2.34. The standard InChI is InChI=1S/C15H19FN4/c1-2-7-20-15(10-18-19-20)14-6-3-12(16)8-11(14)9-17-13-4-5-13/h3,6,8,10,13,17H,2,4-5,7,9H2,1H3. The summed E-state index contributed by atoms with van der Waals surface area (Å²) in [5.74, 6) is -0.198. The molecule has 1 N–H and O–H groups in total. The maximum absolute atomic E-state index is 13.5. The van der Waals surface area contributed by atoms with E-state index < -0.39 is 0 Å². The van der Waals surface area contributed by atoms with E-state index in [4.69, 9.17) is 0 Å². The van der Waals surface area contributed by atoms with Gasteiger partial charge in [0.1, 0.15) is 5.82 Å². The lowest BCUT2D eigenvalue weighted by atomic mass is 10.0. The molecule has 0 radical (unpaired) electrons. The molecule has 1 saturated carbocycles. The minimum Gasteiger partial charge on any atom is -0.310 e. The maximum atomic E-state index is 13.5. The molecule has 0 bridgehead atoms. The summed E-state index contributed by atoms with van der Waals surface area (Å²) in [5.41, 5.74) is 2.94. The third-order valence-electron chi connectivity index (χ3n) is 3.55. The number of halogens is 1. The molecule has 3 rings (SSSR count). The predicted octanol–water partition coefficient (Wildman–Crippen LogP) is 2.75. The van der Waals surface area contributed by atoms with Gasteiger partial charge in [0.05, 0.1) is 11.9 Å². The molecule has 1 aromatic carbocycles. The highest BCUT2D eigenvalue weighted by atomic mass is 19.1. The van der Waals surface area contributed by atoms with Crippen molar-refractivity contribution in [1.82, 2.24) is 20.3 Å². The Bertz CT molecular complexity index is 589. The van der Waals surface area contributed by atoms with Gasteiger partial charge in [0, 0.05) is 24.7 Å². The van der Waals surface area contributed by atoms with E-state index >= 15 is 0 Å². The smallest absolute Gasteiger partial charge is 0.123 e. The van der Waals surface area contributed by atoms with Gasteiger partial charge in [-0.2, -0.15) is 0 Å². The van der Waals surface area contributed by atoms with E-state index in [1.807, 2.05) is 10.7 Å². The summed E-state index contributed by atoms with van der Waals surface area (Å²) < 4.78 is 15.4. The summed E-state index contributed by atoms with van der Waals surface area (Å²) >= 11 is 0. The number of benzene rings is 1. The number of aryl methyl sites for hydroxylation is 1. The quantitative estimate of drug-likeness (QED) is 0.880. The molecule has 4 nitrogen and oxygen atoms in total. The normalized spacial score (nSPS) is 14.7. The second-order valence-electron chi connectivity index (χ2n) is 5.30. The van der Waals surface area contributed by atoms with Crippen LogP contribution in [0.4, 0.5) is 4.39 Å². The Balaban J connectivity index is 1.91. The molecule has 2 aromatic rings. The van der Waals surface area contributed by atoms with Crippen LogP contribution in [0.5, 0.6) is 0 Å². The highest BCUT2D eigenvalue weighted by molar-refractivity contribution is 5.63. The topological polar surface area (TPSA) is 42.7 Å². The number of hydrogen-bond donors (Lipinski definition) is 1. The summed E-state index contributed by atoms with van der Waals surface area (Å²) in [5, 5.41) is 11.5. The van der Waals surface area contributed by atoms with E-state index in [-0.39, 0.29) is 5.82 Å². The van der Waals surface area contributed by atoms with Crippen molar-refractivity contribution in [3.8, 4) is 11.3 Å². The van der Waals surface area contributed by atoms with Gasteiger partial charge in [0.2, 0.25) is 0 Å². The molecule has 1 heterocycles. The van der Waals surface area contributed by atoms with Gasteiger partial charge in [-0.15, -0.1) is 5.10 Å². The number of hydrogen-bond acceptors (Lipinski definition) is 3. The highest BCUT2D eigenvalue weighted by Gasteiger charge is 2.21. The number of aromatic nitrogens is 3. The van der Waals surface area contributed by atoms with Crippen molar-refractivity contribution >= 4 is 0 Å². The first-order valence-electron chi connectivity index (χ1n) is 7.18. The second-order valence-corrected chi connectivity index (χ2v) is 5.30. The summed E-state index contributed by atoms with van der Waals surface area (Å²) in [4.78, 5) is 0. The van der Waals surface area contributed by atoms with Crippen LogP contribution in [-0.2, 0) is 13.1 Å². The molecule has 1 aromatic heterocycles. The van der Waals surface area contributed by atoms with Crippen LogP contribution in [0.1, 0.15) is 31.7 Å². The Morgan fingerprint density at radius 2 is 2.25 bits per heavy atom. The summed E-state index contributed by atoms with van der Waals surface area (Å²) in [6, 6.07) is 5.53. The molecule has 106 valence electrons. The van der Waals surface area contributed by atoms with Gasteiger partial charge in [0.15, 0.2) is 0 Å². The van der Waals surface area contributed by atoms with Crippen molar-refractivity contribution in [2.75, 3.05) is 0 Å². The van der Waals surface area contributed by atoms with Gasteiger partial charge < -0.3 is 5.32 Å². The maximum Gasteiger partial charge on any atom is 0.123 e. The molecule has 0 unspecified atom stereocenters. The highest BCUT2D eigenvalue weighted by Crippen LogP contribution is 2.26. The molecule has 0 atom stereocenters. The minimum absolute atomic E-state index is 0.198. The van der Waals surface area contributed by atoms with Crippen molar-refractivity contribution < 1.29 is 4.39 Å². The van der Waals surface area contributed by atoms with Gasteiger partial charge in [0.25, 0.3) is 0 Å². The molecule has 1 fully saturated rings. The van der Waals surface area contributed by atoms with Crippen LogP contribution in [0.3, 0.4) is 0 Å². The molecular formula is C15H19FN4. The average Bonchev–Trinajstić information content (AvgIpc) is 3.16. The van der Waals surface area contributed by atoms with Crippen LogP contribution in [0.15, 0.2) is 24.4 Å². The Kier molecular flexibility index (Phi) is 3.78. The summed E-state index contributed by atoms with van der Waals surface area (Å²) in [6.07, 6.45) is 5.19. The fraction of sp³-hybridized carbons (Fsp3) is 0.467. The van der Waals surface area contributed by atoms with Crippen LogP contribution in [0.2, 0.25) is 0 Å². The van der Waals surface area contributed by atoms with Gasteiger partial charge in [-0.05, 0) is 43.0 Å². The third-order valence-corrected chi connectivity index (χ3v) is 3.55. The Hall–Kier alpha value is -1.75. The number of nitrogens with one attached hydrogen (secondary N) is 1. The van der Waals surface area contributed by atoms with Crippen LogP contribution < -0.4 is 5.32 Å². The van der Waals surface area contributed by atoms with Crippen LogP contribution in [0, 0.1) is 5.82 Å². The SMILES string of the molecule is CCCn1nncc1-c1ccc(F)cc1CNC1CC1. The zero-order valence-corrected chi connectivity index (χ0v) is 11.6. The zero-order valence-electron chi connectivity index (χ0n) is 11.6. The van der Waals surface area contributed by atoms with Crippen molar-refractivity contribution in [3.63, 3.8) is 0 Å². The molecule has 0 aliphatic heterocycles.